The summed E-state index contributed by atoms with van der Waals surface area (Å²) in [5.74, 6) is 0.0493. The van der Waals surface area contributed by atoms with Crippen LogP contribution < -0.4 is 5.32 Å². The van der Waals surface area contributed by atoms with Gasteiger partial charge in [-0.2, -0.15) is 0 Å². The van der Waals surface area contributed by atoms with Gasteiger partial charge in [0.05, 0.1) is 6.26 Å². The Kier molecular flexibility index (Phi) is 8.12. The molecule has 5 heteroatoms. The van der Waals surface area contributed by atoms with E-state index in [1.165, 1.54) is 6.26 Å². The fourth-order valence-corrected chi connectivity index (χ4v) is 1.50. The molecule has 1 amide bonds. The summed E-state index contributed by atoms with van der Waals surface area (Å²) in [7, 11) is 0. The third-order valence-corrected chi connectivity index (χ3v) is 2.61. The molecule has 1 heterocycles. The number of nitrogens with one attached hydrogen (secondary N) is 1. The lowest BCUT2D eigenvalue weighted by atomic mass is 10.2. The molecule has 5 nitrogen and oxygen atoms in total. The van der Waals surface area contributed by atoms with Crippen molar-refractivity contribution < 1.29 is 18.7 Å². The molecule has 0 aliphatic carbocycles. The van der Waals surface area contributed by atoms with Crippen LogP contribution in [0, 0.1) is 0 Å². The quantitative estimate of drug-likeness (QED) is 0.861. The van der Waals surface area contributed by atoms with Gasteiger partial charge in [0.1, 0.15) is 6.61 Å². The zero-order chi connectivity index (χ0) is 16.2. The summed E-state index contributed by atoms with van der Waals surface area (Å²) in [6.07, 6.45) is 1.91. The molecule has 1 aromatic heterocycles. The van der Waals surface area contributed by atoms with E-state index in [4.69, 9.17) is 9.15 Å². The van der Waals surface area contributed by atoms with Gasteiger partial charge in [-0.15, -0.1) is 0 Å². The molecule has 118 valence electrons. The van der Waals surface area contributed by atoms with Gasteiger partial charge in [-0.1, -0.05) is 37.3 Å². The van der Waals surface area contributed by atoms with Crippen LogP contribution in [0.1, 0.15) is 36.4 Å². The Morgan fingerprint density at radius 3 is 2.36 bits per heavy atom. The van der Waals surface area contributed by atoms with Crippen molar-refractivity contribution >= 4 is 11.9 Å². The van der Waals surface area contributed by atoms with Crippen LogP contribution in [-0.4, -0.2) is 18.4 Å². The van der Waals surface area contributed by atoms with Crippen molar-refractivity contribution in [1.29, 1.82) is 0 Å². The van der Waals surface area contributed by atoms with Gasteiger partial charge in [0, 0.05) is 13.0 Å². The Bertz CT molecular complexity index is 549. The van der Waals surface area contributed by atoms with Crippen LogP contribution in [0.5, 0.6) is 0 Å². The number of ether oxygens (including phenoxy) is 1. The number of furan rings is 1. The van der Waals surface area contributed by atoms with Crippen molar-refractivity contribution in [2.75, 3.05) is 6.54 Å². The van der Waals surface area contributed by atoms with E-state index in [2.05, 4.69) is 5.32 Å². The highest BCUT2D eigenvalue weighted by Gasteiger charge is 2.04. The normalized spacial score (nSPS) is 9.36. The van der Waals surface area contributed by atoms with Crippen LogP contribution in [0.2, 0.25) is 0 Å². The molecule has 0 unspecified atom stereocenters. The Morgan fingerprint density at radius 1 is 1.09 bits per heavy atom. The highest BCUT2D eigenvalue weighted by molar-refractivity contribution is 5.91. The van der Waals surface area contributed by atoms with Gasteiger partial charge in [-0.25, -0.2) is 0 Å². The minimum Gasteiger partial charge on any atom is -0.461 e. The molecule has 2 aromatic rings. The van der Waals surface area contributed by atoms with E-state index in [9.17, 15) is 9.59 Å². The predicted molar refractivity (Wildman–Crippen MR) is 83.2 cm³/mol. The Balaban J connectivity index is 0.000000224. The summed E-state index contributed by atoms with van der Waals surface area (Å²) in [4.78, 5) is 21.7. The second kappa shape index (κ2) is 10.2. The van der Waals surface area contributed by atoms with E-state index >= 15 is 0 Å². The summed E-state index contributed by atoms with van der Waals surface area (Å²) < 4.78 is 9.77. The highest BCUT2D eigenvalue weighted by Crippen LogP contribution is 2.01. The lowest BCUT2D eigenvalue weighted by Crippen LogP contribution is -2.21. The average Bonchev–Trinajstić information content (AvgIpc) is 3.09. The number of carbonyl (C=O) groups excluding carboxylic acids is 2. The predicted octanol–water partition coefficient (Wildman–Crippen LogP) is 3.17. The van der Waals surface area contributed by atoms with Crippen LogP contribution in [0.4, 0.5) is 0 Å². The molecule has 0 atom stereocenters. The van der Waals surface area contributed by atoms with Gasteiger partial charge >= 0.3 is 5.97 Å². The first kappa shape index (κ1) is 17.5. The summed E-state index contributed by atoms with van der Waals surface area (Å²) in [5, 5.41) is 2.62. The van der Waals surface area contributed by atoms with Crippen LogP contribution in [0.25, 0.3) is 0 Å². The SMILES string of the molecule is CCC(=O)OCc1ccccc1.CCNC(=O)c1ccco1. The maximum atomic E-state index is 10.9. The molecule has 0 spiro atoms. The number of hydrogen-bond acceptors (Lipinski definition) is 4. The van der Waals surface area contributed by atoms with Crippen LogP contribution in [0.15, 0.2) is 53.1 Å². The Hall–Kier alpha value is -2.56. The number of esters is 1. The van der Waals surface area contributed by atoms with Gasteiger partial charge in [0.15, 0.2) is 5.76 Å². The molecule has 1 N–H and O–H groups in total. The van der Waals surface area contributed by atoms with Crippen LogP contribution >= 0.6 is 0 Å². The standard InChI is InChI=1S/C10H12O2.C7H9NO2/c1-2-10(11)12-8-9-6-4-3-5-7-9;1-2-8-7(9)6-4-3-5-10-6/h3-7H,2,8H2,1H3;3-5H,2H2,1H3,(H,8,9). The smallest absolute Gasteiger partial charge is 0.305 e. The Labute approximate surface area is 130 Å². The van der Waals surface area contributed by atoms with E-state index in [0.29, 0.717) is 25.3 Å². The fraction of sp³-hybridized carbons (Fsp3) is 0.294. The van der Waals surface area contributed by atoms with Crippen LogP contribution in [0.3, 0.4) is 0 Å². The van der Waals surface area contributed by atoms with Crippen molar-refractivity contribution in [3.05, 3.63) is 60.1 Å². The van der Waals surface area contributed by atoms with Gasteiger partial charge < -0.3 is 14.5 Å². The van der Waals surface area contributed by atoms with E-state index in [-0.39, 0.29) is 11.9 Å². The topological polar surface area (TPSA) is 68.5 Å². The molecule has 0 aliphatic rings. The van der Waals surface area contributed by atoms with Crippen molar-refractivity contribution in [3.8, 4) is 0 Å². The third-order valence-electron chi connectivity index (χ3n) is 2.61. The third kappa shape index (κ3) is 6.74. The molecule has 2 rings (SSSR count). The molecule has 0 bridgehead atoms. The number of amides is 1. The summed E-state index contributed by atoms with van der Waals surface area (Å²) >= 11 is 0. The molecule has 0 saturated heterocycles. The molecule has 1 aromatic carbocycles. The molecule has 0 saturated carbocycles. The highest BCUT2D eigenvalue weighted by atomic mass is 16.5. The maximum absolute atomic E-state index is 10.9. The second-order valence-electron chi connectivity index (χ2n) is 4.34. The first-order chi connectivity index (χ1) is 10.7. The fourth-order valence-electron chi connectivity index (χ4n) is 1.50. The van der Waals surface area contributed by atoms with Gasteiger partial charge in [0.25, 0.3) is 5.91 Å². The minimum absolute atomic E-state index is 0.154. The molecule has 0 radical (unpaired) electrons. The second-order valence-corrected chi connectivity index (χ2v) is 4.34. The monoisotopic (exact) mass is 303 g/mol. The van der Waals surface area contributed by atoms with Crippen LogP contribution in [-0.2, 0) is 16.1 Å². The molecule has 0 aliphatic heterocycles. The average molecular weight is 303 g/mol. The van der Waals surface area contributed by atoms with Crippen molar-refractivity contribution in [3.63, 3.8) is 0 Å². The lowest BCUT2D eigenvalue weighted by Gasteiger charge is -2.01. The zero-order valence-electron chi connectivity index (χ0n) is 12.9. The van der Waals surface area contributed by atoms with E-state index in [1.807, 2.05) is 37.3 Å². The number of benzene rings is 1. The zero-order valence-corrected chi connectivity index (χ0v) is 12.9. The van der Waals surface area contributed by atoms with Crippen molar-refractivity contribution in [2.45, 2.75) is 26.9 Å². The minimum atomic E-state index is -0.160. The summed E-state index contributed by atoms with van der Waals surface area (Å²) in [6.45, 7) is 4.65. The summed E-state index contributed by atoms with van der Waals surface area (Å²) in [5.41, 5.74) is 1.03. The lowest BCUT2D eigenvalue weighted by molar-refractivity contribution is -0.144. The first-order valence-corrected chi connectivity index (χ1v) is 7.18. The van der Waals surface area contributed by atoms with Gasteiger partial charge in [-0.3, -0.25) is 9.59 Å². The largest absolute Gasteiger partial charge is 0.461 e. The number of carbonyl (C=O) groups is 2. The maximum Gasteiger partial charge on any atom is 0.305 e. The first-order valence-electron chi connectivity index (χ1n) is 7.18. The Morgan fingerprint density at radius 2 is 1.82 bits per heavy atom. The number of hydrogen-bond donors (Lipinski definition) is 1. The molecule has 0 fully saturated rings. The van der Waals surface area contributed by atoms with Gasteiger partial charge in [0.2, 0.25) is 0 Å². The van der Waals surface area contributed by atoms with E-state index < -0.39 is 0 Å². The van der Waals surface area contributed by atoms with E-state index in [1.54, 1.807) is 19.1 Å². The molecular formula is C17H21NO4. The van der Waals surface area contributed by atoms with Crippen molar-refractivity contribution in [2.24, 2.45) is 0 Å². The van der Waals surface area contributed by atoms with Crippen molar-refractivity contribution in [1.82, 2.24) is 5.32 Å². The molecule has 22 heavy (non-hydrogen) atoms. The van der Waals surface area contributed by atoms with Gasteiger partial charge in [-0.05, 0) is 24.6 Å². The summed E-state index contributed by atoms with van der Waals surface area (Å²) in [6, 6.07) is 13.0. The number of rotatable bonds is 5. The molecular weight excluding hydrogens is 282 g/mol. The van der Waals surface area contributed by atoms with E-state index in [0.717, 1.165) is 5.56 Å².